The van der Waals surface area contributed by atoms with Crippen molar-refractivity contribution < 1.29 is 0 Å². The Morgan fingerprint density at radius 1 is 1.05 bits per heavy atom. The van der Waals surface area contributed by atoms with Crippen LogP contribution in [-0.4, -0.2) is 16.5 Å². The van der Waals surface area contributed by atoms with Crippen molar-refractivity contribution in [3.05, 3.63) is 59.7 Å². The molecule has 1 N–H and O–H groups in total. The van der Waals surface area contributed by atoms with E-state index in [1.807, 2.05) is 6.20 Å². The first-order chi connectivity index (χ1) is 9.83. The molecule has 0 saturated carbocycles. The van der Waals surface area contributed by atoms with Gasteiger partial charge in [0, 0.05) is 18.6 Å². The molecule has 3 heteroatoms. The van der Waals surface area contributed by atoms with Crippen molar-refractivity contribution >= 4 is 0 Å². The van der Waals surface area contributed by atoms with E-state index < -0.39 is 0 Å². The van der Waals surface area contributed by atoms with Gasteiger partial charge in [0.15, 0.2) is 0 Å². The molecule has 0 aliphatic heterocycles. The van der Waals surface area contributed by atoms with Gasteiger partial charge in [-0.2, -0.15) is 0 Å². The van der Waals surface area contributed by atoms with E-state index in [1.165, 1.54) is 11.1 Å². The number of aryl methyl sites for hydroxylation is 1. The molecule has 106 valence electrons. The van der Waals surface area contributed by atoms with E-state index in [4.69, 9.17) is 0 Å². The molecule has 0 aliphatic carbocycles. The fourth-order valence-corrected chi connectivity index (χ4v) is 2.24. The van der Waals surface area contributed by atoms with Crippen molar-refractivity contribution in [3.63, 3.8) is 0 Å². The molecule has 1 unspecified atom stereocenters. The molecule has 0 fully saturated rings. The second kappa shape index (κ2) is 7.75. The standard InChI is InChI=1S/C17H23N3/c1-3-9-19-16(17-13-18-10-11-20-17)12-15-7-5-14(4-2)6-8-15/h5-8,10-11,13,16,19H,3-4,9,12H2,1-2H3. The van der Waals surface area contributed by atoms with E-state index in [2.05, 4.69) is 53.4 Å². The van der Waals surface area contributed by atoms with Gasteiger partial charge in [-0.25, -0.2) is 0 Å². The zero-order valence-electron chi connectivity index (χ0n) is 12.3. The van der Waals surface area contributed by atoms with Crippen molar-refractivity contribution in [3.8, 4) is 0 Å². The molecule has 1 aromatic carbocycles. The van der Waals surface area contributed by atoms with Crippen LogP contribution in [0.15, 0.2) is 42.9 Å². The lowest BCUT2D eigenvalue weighted by atomic mass is 10.0. The number of benzene rings is 1. The summed E-state index contributed by atoms with van der Waals surface area (Å²) < 4.78 is 0. The van der Waals surface area contributed by atoms with Crippen LogP contribution in [0.25, 0.3) is 0 Å². The van der Waals surface area contributed by atoms with E-state index in [0.29, 0.717) is 0 Å². The fraction of sp³-hybridized carbons (Fsp3) is 0.412. The largest absolute Gasteiger partial charge is 0.308 e. The zero-order chi connectivity index (χ0) is 14.2. The number of aromatic nitrogens is 2. The van der Waals surface area contributed by atoms with Crippen LogP contribution in [0.4, 0.5) is 0 Å². The Morgan fingerprint density at radius 3 is 2.40 bits per heavy atom. The van der Waals surface area contributed by atoms with Crippen molar-refractivity contribution in [1.29, 1.82) is 0 Å². The van der Waals surface area contributed by atoms with Crippen LogP contribution in [0.3, 0.4) is 0 Å². The summed E-state index contributed by atoms with van der Waals surface area (Å²) in [4.78, 5) is 8.62. The molecule has 0 aliphatic rings. The van der Waals surface area contributed by atoms with Gasteiger partial charge < -0.3 is 5.32 Å². The van der Waals surface area contributed by atoms with Crippen molar-refractivity contribution in [2.75, 3.05) is 6.54 Å². The first-order valence-corrected chi connectivity index (χ1v) is 7.40. The number of hydrogen-bond acceptors (Lipinski definition) is 3. The summed E-state index contributed by atoms with van der Waals surface area (Å²) in [7, 11) is 0. The van der Waals surface area contributed by atoms with Crippen LogP contribution in [0.5, 0.6) is 0 Å². The van der Waals surface area contributed by atoms with Crippen molar-refractivity contribution in [2.24, 2.45) is 0 Å². The maximum Gasteiger partial charge on any atom is 0.0759 e. The van der Waals surface area contributed by atoms with Crippen molar-refractivity contribution in [1.82, 2.24) is 15.3 Å². The Bertz CT molecular complexity index is 493. The highest BCUT2D eigenvalue weighted by molar-refractivity contribution is 5.24. The molecule has 20 heavy (non-hydrogen) atoms. The predicted molar refractivity (Wildman–Crippen MR) is 82.6 cm³/mol. The summed E-state index contributed by atoms with van der Waals surface area (Å²) in [6.45, 7) is 5.35. The van der Waals surface area contributed by atoms with Crippen LogP contribution in [0, 0.1) is 0 Å². The van der Waals surface area contributed by atoms with Crippen LogP contribution in [-0.2, 0) is 12.8 Å². The normalized spacial score (nSPS) is 12.3. The van der Waals surface area contributed by atoms with Crippen LogP contribution < -0.4 is 5.32 Å². The van der Waals surface area contributed by atoms with Gasteiger partial charge in [0.2, 0.25) is 0 Å². The van der Waals surface area contributed by atoms with E-state index in [9.17, 15) is 0 Å². The monoisotopic (exact) mass is 269 g/mol. The van der Waals surface area contributed by atoms with Gasteiger partial charge in [-0.15, -0.1) is 0 Å². The van der Waals surface area contributed by atoms with Gasteiger partial charge >= 0.3 is 0 Å². The molecule has 1 heterocycles. The Kier molecular flexibility index (Phi) is 5.69. The summed E-state index contributed by atoms with van der Waals surface area (Å²) in [6.07, 6.45) is 8.48. The third-order valence-electron chi connectivity index (χ3n) is 3.45. The Balaban J connectivity index is 2.10. The minimum Gasteiger partial charge on any atom is -0.308 e. The van der Waals surface area contributed by atoms with Crippen LogP contribution >= 0.6 is 0 Å². The highest BCUT2D eigenvalue weighted by Crippen LogP contribution is 2.16. The van der Waals surface area contributed by atoms with Gasteiger partial charge in [-0.05, 0) is 36.9 Å². The molecule has 1 atom stereocenters. The third kappa shape index (κ3) is 4.14. The summed E-state index contributed by atoms with van der Waals surface area (Å²) in [5.74, 6) is 0. The average Bonchev–Trinajstić information content (AvgIpc) is 2.53. The molecule has 0 bridgehead atoms. The number of nitrogens with one attached hydrogen (secondary N) is 1. The Labute approximate surface area is 121 Å². The second-order valence-electron chi connectivity index (χ2n) is 5.01. The summed E-state index contributed by atoms with van der Waals surface area (Å²) in [5, 5.41) is 3.56. The van der Waals surface area contributed by atoms with Crippen LogP contribution in [0.2, 0.25) is 0 Å². The lowest BCUT2D eigenvalue weighted by Gasteiger charge is -2.18. The highest BCUT2D eigenvalue weighted by atomic mass is 14.9. The molecule has 0 spiro atoms. The van der Waals surface area contributed by atoms with E-state index in [-0.39, 0.29) is 6.04 Å². The SMILES string of the molecule is CCCNC(Cc1ccc(CC)cc1)c1cnccn1. The minimum absolute atomic E-state index is 0.233. The molecule has 0 amide bonds. The summed E-state index contributed by atoms with van der Waals surface area (Å²) in [6, 6.07) is 9.09. The fourth-order valence-electron chi connectivity index (χ4n) is 2.24. The molecule has 0 radical (unpaired) electrons. The molecular formula is C17H23N3. The van der Waals surface area contributed by atoms with Crippen molar-refractivity contribution in [2.45, 2.75) is 39.2 Å². The number of hydrogen-bond donors (Lipinski definition) is 1. The van der Waals surface area contributed by atoms with Gasteiger partial charge in [0.25, 0.3) is 0 Å². The summed E-state index contributed by atoms with van der Waals surface area (Å²) >= 11 is 0. The zero-order valence-corrected chi connectivity index (χ0v) is 12.3. The first-order valence-electron chi connectivity index (χ1n) is 7.40. The van der Waals surface area contributed by atoms with Gasteiger partial charge in [-0.3, -0.25) is 9.97 Å². The van der Waals surface area contributed by atoms with Gasteiger partial charge in [0.1, 0.15) is 0 Å². The van der Waals surface area contributed by atoms with E-state index in [0.717, 1.165) is 31.5 Å². The highest BCUT2D eigenvalue weighted by Gasteiger charge is 2.12. The quantitative estimate of drug-likeness (QED) is 0.838. The Hall–Kier alpha value is -1.74. The lowest BCUT2D eigenvalue weighted by molar-refractivity contribution is 0.516. The molecule has 1 aromatic heterocycles. The number of nitrogens with zero attached hydrogens (tertiary/aromatic N) is 2. The van der Waals surface area contributed by atoms with Gasteiger partial charge in [-0.1, -0.05) is 38.1 Å². The Morgan fingerprint density at radius 2 is 1.80 bits per heavy atom. The molecule has 2 aromatic rings. The van der Waals surface area contributed by atoms with E-state index in [1.54, 1.807) is 12.4 Å². The molecule has 0 saturated heterocycles. The smallest absolute Gasteiger partial charge is 0.0759 e. The molecule has 2 rings (SSSR count). The maximum absolute atomic E-state index is 4.44. The maximum atomic E-state index is 4.44. The van der Waals surface area contributed by atoms with Crippen LogP contribution in [0.1, 0.15) is 43.1 Å². The van der Waals surface area contributed by atoms with E-state index >= 15 is 0 Å². The number of rotatable bonds is 7. The lowest BCUT2D eigenvalue weighted by Crippen LogP contribution is -2.25. The average molecular weight is 269 g/mol. The first kappa shape index (κ1) is 14.7. The van der Waals surface area contributed by atoms with Gasteiger partial charge in [0.05, 0.1) is 11.7 Å². The molecule has 3 nitrogen and oxygen atoms in total. The molecular weight excluding hydrogens is 246 g/mol. The third-order valence-corrected chi connectivity index (χ3v) is 3.45. The minimum atomic E-state index is 0.233. The predicted octanol–water partition coefficient (Wildman–Crippen LogP) is 3.32. The second-order valence-corrected chi connectivity index (χ2v) is 5.01. The topological polar surface area (TPSA) is 37.8 Å². The summed E-state index contributed by atoms with van der Waals surface area (Å²) in [5.41, 5.74) is 3.73.